The summed E-state index contributed by atoms with van der Waals surface area (Å²) in [6.45, 7) is 9.92. The molecule has 3 rings (SSSR count). The average molecular weight is 444 g/mol. The minimum absolute atomic E-state index is 0.289. The highest BCUT2D eigenvalue weighted by Crippen LogP contribution is 2.33. The highest BCUT2D eigenvalue weighted by atomic mass is 32.2. The van der Waals surface area contributed by atoms with Gasteiger partial charge < -0.3 is 14.4 Å². The van der Waals surface area contributed by atoms with E-state index in [2.05, 4.69) is 10.1 Å². The van der Waals surface area contributed by atoms with Crippen molar-refractivity contribution in [2.24, 2.45) is 0 Å². The number of aromatic nitrogens is 4. The van der Waals surface area contributed by atoms with Gasteiger partial charge in [0.25, 0.3) is 0 Å². The van der Waals surface area contributed by atoms with Crippen molar-refractivity contribution in [1.82, 2.24) is 24.5 Å². The molecule has 0 aliphatic rings. The van der Waals surface area contributed by atoms with Crippen LogP contribution in [0, 0.1) is 0 Å². The van der Waals surface area contributed by atoms with Gasteiger partial charge in [-0.2, -0.15) is 5.10 Å². The summed E-state index contributed by atoms with van der Waals surface area (Å²) < 4.78 is 12.9. The Kier molecular flexibility index (Phi) is 6.74. The molecule has 9 heteroatoms. The van der Waals surface area contributed by atoms with E-state index >= 15 is 0 Å². The Morgan fingerprint density at radius 2 is 2.06 bits per heavy atom. The van der Waals surface area contributed by atoms with Gasteiger partial charge in [-0.15, -0.1) is 0 Å². The molecular weight excluding hydrogens is 414 g/mol. The fourth-order valence-corrected chi connectivity index (χ4v) is 3.78. The Bertz CT molecular complexity index is 1080. The van der Waals surface area contributed by atoms with Gasteiger partial charge in [-0.25, -0.2) is 14.3 Å². The lowest BCUT2D eigenvalue weighted by Crippen LogP contribution is -2.38. The van der Waals surface area contributed by atoms with E-state index in [1.807, 2.05) is 59.1 Å². The zero-order valence-electron chi connectivity index (χ0n) is 19.0. The van der Waals surface area contributed by atoms with Crippen LogP contribution < -0.4 is 4.74 Å². The van der Waals surface area contributed by atoms with Crippen molar-refractivity contribution < 1.29 is 14.3 Å². The van der Waals surface area contributed by atoms with E-state index < -0.39 is 5.60 Å². The first-order chi connectivity index (χ1) is 14.7. The number of amides is 1. The SMILES string of the molecule is CCN(C(=O)OC(C)(C)C)C(C)c1cc(-c2cc3ccnn3c(SC)n2)c(OC)cn1. The van der Waals surface area contributed by atoms with Gasteiger partial charge >= 0.3 is 6.09 Å². The fraction of sp³-hybridized carbons (Fsp3) is 0.455. The number of fused-ring (bicyclic) bond motifs is 1. The van der Waals surface area contributed by atoms with Crippen LogP contribution in [0.4, 0.5) is 4.79 Å². The molecule has 0 aliphatic carbocycles. The van der Waals surface area contributed by atoms with Crippen LogP contribution in [-0.2, 0) is 4.74 Å². The Morgan fingerprint density at radius 3 is 2.68 bits per heavy atom. The lowest BCUT2D eigenvalue weighted by molar-refractivity contribution is 0.0182. The Morgan fingerprint density at radius 1 is 1.32 bits per heavy atom. The fourth-order valence-electron chi connectivity index (χ4n) is 3.27. The standard InChI is InChI=1S/C22H29N5O3S/c1-8-26(21(28)30-22(3,4)5)14(2)17-12-16(19(29-6)13-23-17)18-11-15-9-10-24-27(15)20(25-18)31-7/h9-14H,8H2,1-7H3. The van der Waals surface area contributed by atoms with E-state index in [-0.39, 0.29) is 12.1 Å². The molecule has 0 fully saturated rings. The molecule has 3 heterocycles. The van der Waals surface area contributed by atoms with Crippen LogP contribution in [0.25, 0.3) is 16.8 Å². The van der Waals surface area contributed by atoms with Crippen molar-refractivity contribution in [2.75, 3.05) is 19.9 Å². The lowest BCUT2D eigenvalue weighted by atomic mass is 10.1. The van der Waals surface area contributed by atoms with Crippen LogP contribution in [-0.4, -0.2) is 56.1 Å². The molecule has 0 aliphatic heterocycles. The maximum absolute atomic E-state index is 12.7. The van der Waals surface area contributed by atoms with E-state index in [1.54, 1.807) is 28.9 Å². The van der Waals surface area contributed by atoms with Crippen molar-refractivity contribution in [3.63, 3.8) is 0 Å². The third kappa shape index (κ3) is 4.92. The van der Waals surface area contributed by atoms with Gasteiger partial charge in [0.15, 0.2) is 5.16 Å². The van der Waals surface area contributed by atoms with Gasteiger partial charge in [-0.1, -0.05) is 11.8 Å². The minimum atomic E-state index is -0.568. The molecule has 0 aromatic carbocycles. The topological polar surface area (TPSA) is 81.9 Å². The highest BCUT2D eigenvalue weighted by molar-refractivity contribution is 7.98. The number of ether oxygens (including phenoxy) is 2. The van der Waals surface area contributed by atoms with Crippen molar-refractivity contribution in [3.8, 4) is 17.0 Å². The third-order valence-corrected chi connectivity index (χ3v) is 5.41. The maximum Gasteiger partial charge on any atom is 0.410 e. The third-order valence-electron chi connectivity index (χ3n) is 4.79. The summed E-state index contributed by atoms with van der Waals surface area (Å²) in [4.78, 5) is 23.7. The summed E-state index contributed by atoms with van der Waals surface area (Å²) in [5.41, 5.74) is 2.65. The molecule has 0 radical (unpaired) electrons. The van der Waals surface area contributed by atoms with Gasteiger partial charge in [0.2, 0.25) is 0 Å². The molecular formula is C22H29N5O3S. The number of hydrogen-bond donors (Lipinski definition) is 0. The van der Waals surface area contributed by atoms with Crippen LogP contribution in [0.1, 0.15) is 46.4 Å². The summed E-state index contributed by atoms with van der Waals surface area (Å²) in [6.07, 6.45) is 5.01. The summed E-state index contributed by atoms with van der Waals surface area (Å²) in [6, 6.07) is 5.53. The molecule has 0 spiro atoms. The summed E-state index contributed by atoms with van der Waals surface area (Å²) in [5.74, 6) is 0.611. The van der Waals surface area contributed by atoms with E-state index in [9.17, 15) is 4.79 Å². The van der Waals surface area contributed by atoms with Crippen LogP contribution in [0.3, 0.4) is 0 Å². The molecule has 0 N–H and O–H groups in total. The first kappa shape index (κ1) is 22.9. The van der Waals surface area contributed by atoms with Crippen LogP contribution in [0.2, 0.25) is 0 Å². The zero-order valence-corrected chi connectivity index (χ0v) is 19.9. The van der Waals surface area contributed by atoms with E-state index in [0.29, 0.717) is 12.3 Å². The summed E-state index contributed by atoms with van der Waals surface area (Å²) in [5, 5.41) is 5.10. The molecule has 1 unspecified atom stereocenters. The normalized spacial score (nSPS) is 12.6. The number of carbonyl (C=O) groups excluding carboxylic acids is 1. The molecule has 3 aromatic rings. The largest absolute Gasteiger partial charge is 0.494 e. The van der Waals surface area contributed by atoms with Crippen LogP contribution in [0.5, 0.6) is 5.75 Å². The number of thioether (sulfide) groups is 1. The predicted octanol–water partition coefficient (Wildman–Crippen LogP) is 4.84. The monoisotopic (exact) mass is 443 g/mol. The molecule has 1 amide bonds. The van der Waals surface area contributed by atoms with Crippen LogP contribution >= 0.6 is 11.8 Å². The Labute approximate surface area is 187 Å². The first-order valence-electron chi connectivity index (χ1n) is 10.1. The molecule has 8 nitrogen and oxygen atoms in total. The van der Waals surface area contributed by atoms with E-state index in [4.69, 9.17) is 14.5 Å². The number of pyridine rings is 1. The van der Waals surface area contributed by atoms with Crippen LogP contribution in [0.15, 0.2) is 35.7 Å². The van der Waals surface area contributed by atoms with Crippen molar-refractivity contribution in [2.45, 2.75) is 51.4 Å². The Balaban J connectivity index is 2.03. The van der Waals surface area contributed by atoms with Crippen molar-refractivity contribution in [3.05, 3.63) is 36.3 Å². The van der Waals surface area contributed by atoms with E-state index in [0.717, 1.165) is 27.6 Å². The molecule has 3 aromatic heterocycles. The molecule has 0 saturated heterocycles. The quantitative estimate of drug-likeness (QED) is 0.398. The van der Waals surface area contributed by atoms with E-state index in [1.165, 1.54) is 11.8 Å². The first-order valence-corrected chi connectivity index (χ1v) is 11.3. The Hall–Kier alpha value is -2.81. The number of carbonyl (C=O) groups is 1. The molecule has 166 valence electrons. The molecule has 0 bridgehead atoms. The predicted molar refractivity (Wildman–Crippen MR) is 122 cm³/mol. The van der Waals surface area contributed by atoms with Crippen molar-refractivity contribution >= 4 is 23.4 Å². The molecule has 1 atom stereocenters. The number of hydrogen-bond acceptors (Lipinski definition) is 7. The van der Waals surface area contributed by atoms with Gasteiger partial charge in [0.1, 0.15) is 11.4 Å². The lowest BCUT2D eigenvalue weighted by Gasteiger charge is -2.30. The van der Waals surface area contributed by atoms with Gasteiger partial charge in [0.05, 0.1) is 42.4 Å². The number of rotatable bonds is 6. The average Bonchev–Trinajstić information content (AvgIpc) is 3.20. The summed E-state index contributed by atoms with van der Waals surface area (Å²) in [7, 11) is 1.61. The zero-order chi connectivity index (χ0) is 22.8. The van der Waals surface area contributed by atoms with Gasteiger partial charge in [0, 0.05) is 12.1 Å². The second kappa shape index (κ2) is 9.13. The summed E-state index contributed by atoms with van der Waals surface area (Å²) >= 11 is 1.52. The maximum atomic E-state index is 12.7. The van der Waals surface area contributed by atoms with Crippen molar-refractivity contribution in [1.29, 1.82) is 0 Å². The smallest absolute Gasteiger partial charge is 0.410 e. The minimum Gasteiger partial charge on any atom is -0.494 e. The van der Waals surface area contributed by atoms with Gasteiger partial charge in [-0.3, -0.25) is 4.98 Å². The highest BCUT2D eigenvalue weighted by Gasteiger charge is 2.27. The molecule has 0 saturated carbocycles. The van der Waals surface area contributed by atoms with Gasteiger partial charge in [-0.05, 0) is 59.1 Å². The number of nitrogens with zero attached hydrogens (tertiary/aromatic N) is 5. The number of methoxy groups -OCH3 is 1. The molecule has 31 heavy (non-hydrogen) atoms. The second-order valence-corrected chi connectivity index (χ2v) is 8.82. The second-order valence-electron chi connectivity index (χ2n) is 8.05.